The molecule has 0 bridgehead atoms. The predicted molar refractivity (Wildman–Crippen MR) is 80.0 cm³/mol. The summed E-state index contributed by atoms with van der Waals surface area (Å²) in [6, 6.07) is 14.3. The van der Waals surface area contributed by atoms with Gasteiger partial charge >= 0.3 is 0 Å². The van der Waals surface area contributed by atoms with Crippen LogP contribution in [0.25, 0.3) is 0 Å². The first-order valence-electron chi connectivity index (χ1n) is 5.69. The fourth-order valence-corrected chi connectivity index (χ4v) is 1.89. The molecule has 2 aromatic rings. The van der Waals surface area contributed by atoms with Crippen molar-refractivity contribution in [3.8, 4) is 0 Å². The number of anilines is 2. The summed E-state index contributed by atoms with van der Waals surface area (Å²) in [6.45, 7) is 0.120. The Labute approximate surface area is 121 Å². The van der Waals surface area contributed by atoms with E-state index in [9.17, 15) is 4.79 Å². The van der Waals surface area contributed by atoms with Gasteiger partial charge in [-0.2, -0.15) is 0 Å². The number of carbonyl (C=O) groups is 1. The van der Waals surface area contributed by atoms with Crippen molar-refractivity contribution < 1.29 is 4.79 Å². The second kappa shape index (κ2) is 6.45. The summed E-state index contributed by atoms with van der Waals surface area (Å²) in [4.78, 5) is 11.7. The quantitative estimate of drug-likeness (QED) is 0.893. The van der Waals surface area contributed by atoms with Crippen LogP contribution in [-0.4, -0.2) is 12.5 Å². The standard InChI is InChI=1S/C14H12Cl2N2O/c15-10-6-7-12(16)13(8-10)17-9-14(19)18-11-4-2-1-3-5-11/h1-8,17H,9H2,(H,18,19). The number of para-hydroxylation sites is 1. The van der Waals surface area contributed by atoms with Gasteiger partial charge in [0.15, 0.2) is 0 Å². The zero-order valence-corrected chi connectivity index (χ0v) is 11.5. The summed E-state index contributed by atoms with van der Waals surface area (Å²) in [7, 11) is 0. The molecule has 0 fully saturated rings. The number of carbonyl (C=O) groups excluding carboxylic acids is 1. The molecule has 2 rings (SSSR count). The number of amides is 1. The van der Waals surface area contributed by atoms with E-state index >= 15 is 0 Å². The van der Waals surface area contributed by atoms with Crippen LogP contribution in [0.15, 0.2) is 48.5 Å². The highest BCUT2D eigenvalue weighted by molar-refractivity contribution is 6.35. The van der Waals surface area contributed by atoms with E-state index in [4.69, 9.17) is 23.2 Å². The molecule has 0 saturated heterocycles. The molecule has 1 amide bonds. The molecular weight excluding hydrogens is 283 g/mol. The number of rotatable bonds is 4. The van der Waals surface area contributed by atoms with Crippen molar-refractivity contribution in [3.05, 3.63) is 58.6 Å². The SMILES string of the molecule is O=C(CNc1cc(Cl)ccc1Cl)Nc1ccccc1. The summed E-state index contributed by atoms with van der Waals surface area (Å²) in [5, 5.41) is 6.80. The fourth-order valence-electron chi connectivity index (χ4n) is 1.54. The molecule has 0 radical (unpaired) electrons. The molecule has 19 heavy (non-hydrogen) atoms. The fraction of sp³-hybridized carbons (Fsp3) is 0.0714. The van der Waals surface area contributed by atoms with E-state index in [1.807, 2.05) is 30.3 Å². The minimum absolute atomic E-state index is 0.120. The van der Waals surface area contributed by atoms with Crippen LogP contribution in [0.2, 0.25) is 10.0 Å². The van der Waals surface area contributed by atoms with Gasteiger partial charge in [0, 0.05) is 10.7 Å². The van der Waals surface area contributed by atoms with Crippen LogP contribution in [0.4, 0.5) is 11.4 Å². The Morgan fingerprint density at radius 3 is 2.53 bits per heavy atom. The molecule has 3 nitrogen and oxygen atoms in total. The molecule has 0 spiro atoms. The van der Waals surface area contributed by atoms with Crippen LogP contribution >= 0.6 is 23.2 Å². The highest BCUT2D eigenvalue weighted by atomic mass is 35.5. The third-order valence-electron chi connectivity index (χ3n) is 2.43. The smallest absolute Gasteiger partial charge is 0.243 e. The first-order valence-corrected chi connectivity index (χ1v) is 6.44. The molecule has 0 aliphatic carbocycles. The van der Waals surface area contributed by atoms with Gasteiger partial charge in [0.2, 0.25) is 5.91 Å². The molecule has 98 valence electrons. The van der Waals surface area contributed by atoms with Gasteiger partial charge in [-0.25, -0.2) is 0 Å². The molecular formula is C14H12Cl2N2O. The Morgan fingerprint density at radius 2 is 1.79 bits per heavy atom. The molecule has 0 saturated carbocycles. The van der Waals surface area contributed by atoms with Crippen molar-refractivity contribution in [3.63, 3.8) is 0 Å². The lowest BCUT2D eigenvalue weighted by Crippen LogP contribution is -2.21. The normalized spacial score (nSPS) is 10.0. The van der Waals surface area contributed by atoms with Crippen molar-refractivity contribution in [1.82, 2.24) is 0 Å². The molecule has 2 N–H and O–H groups in total. The maximum Gasteiger partial charge on any atom is 0.243 e. The van der Waals surface area contributed by atoms with Gasteiger partial charge in [-0.05, 0) is 30.3 Å². The molecule has 0 atom stereocenters. The lowest BCUT2D eigenvalue weighted by molar-refractivity contribution is -0.114. The second-order valence-electron chi connectivity index (χ2n) is 3.89. The largest absolute Gasteiger partial charge is 0.375 e. The summed E-state index contributed by atoms with van der Waals surface area (Å²) in [5.41, 5.74) is 1.39. The Hall–Kier alpha value is -1.71. The number of hydrogen-bond donors (Lipinski definition) is 2. The minimum atomic E-state index is -0.151. The number of hydrogen-bond acceptors (Lipinski definition) is 2. The van der Waals surface area contributed by atoms with Gasteiger partial charge in [-0.3, -0.25) is 4.79 Å². The van der Waals surface area contributed by atoms with E-state index in [0.717, 1.165) is 5.69 Å². The van der Waals surface area contributed by atoms with Crippen LogP contribution in [0.3, 0.4) is 0 Å². The average molecular weight is 295 g/mol. The molecule has 0 aliphatic heterocycles. The van der Waals surface area contributed by atoms with Crippen molar-refractivity contribution in [1.29, 1.82) is 0 Å². The topological polar surface area (TPSA) is 41.1 Å². The van der Waals surface area contributed by atoms with Gasteiger partial charge in [0.1, 0.15) is 0 Å². The Balaban J connectivity index is 1.92. The molecule has 2 aromatic carbocycles. The van der Waals surface area contributed by atoms with Crippen LogP contribution in [0.5, 0.6) is 0 Å². The zero-order chi connectivity index (χ0) is 13.7. The Morgan fingerprint density at radius 1 is 1.05 bits per heavy atom. The second-order valence-corrected chi connectivity index (χ2v) is 4.74. The van der Waals surface area contributed by atoms with E-state index in [2.05, 4.69) is 10.6 Å². The van der Waals surface area contributed by atoms with Gasteiger partial charge in [0.05, 0.1) is 17.3 Å². The summed E-state index contributed by atoms with van der Waals surface area (Å²) >= 11 is 11.8. The number of benzene rings is 2. The predicted octanol–water partition coefficient (Wildman–Crippen LogP) is 4.04. The summed E-state index contributed by atoms with van der Waals surface area (Å²) in [6.07, 6.45) is 0. The summed E-state index contributed by atoms with van der Waals surface area (Å²) < 4.78 is 0. The zero-order valence-electron chi connectivity index (χ0n) is 9.99. The maximum absolute atomic E-state index is 11.7. The van der Waals surface area contributed by atoms with E-state index in [0.29, 0.717) is 15.7 Å². The molecule has 0 heterocycles. The third-order valence-corrected chi connectivity index (χ3v) is 2.99. The lowest BCUT2D eigenvalue weighted by Gasteiger charge is -2.09. The van der Waals surface area contributed by atoms with Crippen molar-refractivity contribution >= 4 is 40.5 Å². The Bertz CT molecular complexity index is 573. The van der Waals surface area contributed by atoms with E-state index in [-0.39, 0.29) is 12.5 Å². The van der Waals surface area contributed by atoms with Crippen molar-refractivity contribution in [2.24, 2.45) is 0 Å². The number of nitrogens with one attached hydrogen (secondary N) is 2. The molecule has 5 heteroatoms. The van der Waals surface area contributed by atoms with Crippen molar-refractivity contribution in [2.45, 2.75) is 0 Å². The number of halogens is 2. The van der Waals surface area contributed by atoms with E-state index in [1.165, 1.54) is 0 Å². The van der Waals surface area contributed by atoms with Gasteiger partial charge in [-0.15, -0.1) is 0 Å². The van der Waals surface area contributed by atoms with Gasteiger partial charge in [0.25, 0.3) is 0 Å². The first-order chi connectivity index (χ1) is 9.15. The summed E-state index contributed by atoms with van der Waals surface area (Å²) in [5.74, 6) is -0.151. The van der Waals surface area contributed by atoms with E-state index in [1.54, 1.807) is 18.2 Å². The first kappa shape index (κ1) is 13.7. The lowest BCUT2D eigenvalue weighted by atomic mass is 10.3. The van der Waals surface area contributed by atoms with Crippen LogP contribution < -0.4 is 10.6 Å². The van der Waals surface area contributed by atoms with Crippen LogP contribution in [0, 0.1) is 0 Å². The maximum atomic E-state index is 11.7. The van der Waals surface area contributed by atoms with Gasteiger partial charge < -0.3 is 10.6 Å². The highest BCUT2D eigenvalue weighted by Crippen LogP contribution is 2.25. The van der Waals surface area contributed by atoms with E-state index < -0.39 is 0 Å². The van der Waals surface area contributed by atoms with Crippen LogP contribution in [0.1, 0.15) is 0 Å². The van der Waals surface area contributed by atoms with Crippen LogP contribution in [-0.2, 0) is 4.79 Å². The monoisotopic (exact) mass is 294 g/mol. The molecule has 0 aromatic heterocycles. The Kier molecular flexibility index (Phi) is 4.66. The third kappa shape index (κ3) is 4.16. The average Bonchev–Trinajstić information content (AvgIpc) is 2.41. The molecule has 0 aliphatic rings. The van der Waals surface area contributed by atoms with Gasteiger partial charge in [-0.1, -0.05) is 41.4 Å². The molecule has 0 unspecified atom stereocenters. The highest BCUT2D eigenvalue weighted by Gasteiger charge is 2.05. The van der Waals surface area contributed by atoms with Crippen molar-refractivity contribution in [2.75, 3.05) is 17.2 Å². The minimum Gasteiger partial charge on any atom is -0.375 e.